The molecule has 0 aliphatic heterocycles. The van der Waals surface area contributed by atoms with E-state index in [2.05, 4.69) is 22.9 Å². The first kappa shape index (κ1) is 16.7. The van der Waals surface area contributed by atoms with Crippen LogP contribution in [0, 0.1) is 0 Å². The summed E-state index contributed by atoms with van der Waals surface area (Å²) in [5.41, 5.74) is 0. The molecule has 7 heteroatoms. The molecule has 0 radical (unpaired) electrons. The molecule has 0 fully saturated rings. The lowest BCUT2D eigenvalue weighted by molar-refractivity contribution is -0.137. The van der Waals surface area contributed by atoms with Crippen LogP contribution in [-0.4, -0.2) is 29.0 Å². The van der Waals surface area contributed by atoms with Crippen molar-refractivity contribution in [3.05, 3.63) is 12.7 Å². The summed E-state index contributed by atoms with van der Waals surface area (Å²) in [5.74, 6) is -0.393. The lowest BCUT2D eigenvalue weighted by atomic mass is 10.1. The zero-order valence-corrected chi connectivity index (χ0v) is 11.4. The van der Waals surface area contributed by atoms with Crippen molar-refractivity contribution in [3.63, 3.8) is 0 Å². The summed E-state index contributed by atoms with van der Waals surface area (Å²) in [4.78, 5) is 28.2. The van der Waals surface area contributed by atoms with Gasteiger partial charge in [-0.3, -0.25) is 0 Å². The highest BCUT2D eigenvalue weighted by Gasteiger charge is 2.06. The van der Waals surface area contributed by atoms with Gasteiger partial charge in [-0.1, -0.05) is 25.8 Å². The fourth-order valence-electron chi connectivity index (χ4n) is 1.15. The Bertz CT molecular complexity index is 276. The van der Waals surface area contributed by atoms with E-state index in [1.54, 1.807) is 0 Å². The van der Waals surface area contributed by atoms with Crippen LogP contribution in [0.25, 0.3) is 0 Å². The van der Waals surface area contributed by atoms with Crippen LogP contribution in [0.4, 0.5) is 0 Å². The van der Waals surface area contributed by atoms with Gasteiger partial charge >= 0.3 is 12.7 Å². The third kappa shape index (κ3) is 13.7. The second-order valence-electron chi connectivity index (χ2n) is 3.46. The number of hydrogen-bond donors (Lipinski definition) is 2. The van der Waals surface area contributed by atoms with Crippen LogP contribution in [-0.2, 0) is 25.9 Å². The summed E-state index contributed by atoms with van der Waals surface area (Å²) in [6, 6.07) is 0. The first-order valence-corrected chi connectivity index (χ1v) is 8.07. The smallest absolute Gasteiger partial charge is 0.330 e. The predicted molar refractivity (Wildman–Crippen MR) is 68.9 cm³/mol. The lowest BCUT2D eigenvalue weighted by Crippen LogP contribution is -2.01. The van der Waals surface area contributed by atoms with Crippen LogP contribution < -0.4 is 0 Å². The van der Waals surface area contributed by atoms with Gasteiger partial charge in [-0.05, 0) is 24.6 Å². The Hall–Kier alpha value is -0.260. The number of carbonyl (C=O) groups excluding carboxylic acids is 1. The molecular formula is C10H19O5PS. The summed E-state index contributed by atoms with van der Waals surface area (Å²) in [7, 11) is 0. The minimum atomic E-state index is -3.48. The summed E-state index contributed by atoms with van der Waals surface area (Å²) in [6.45, 7) is 0.500. The fourth-order valence-corrected chi connectivity index (χ4v) is 1.74. The van der Waals surface area contributed by atoms with Crippen LogP contribution in [0.2, 0.25) is 0 Å². The first-order chi connectivity index (χ1) is 7.95. The van der Waals surface area contributed by atoms with Crippen LogP contribution in [0.3, 0.4) is 0 Å². The zero-order valence-electron chi connectivity index (χ0n) is 9.71. The molecule has 0 aromatic carbocycles. The molecule has 0 saturated carbocycles. The molecule has 0 aromatic heterocycles. The number of carbonyl (C=O) groups is 1. The molecule has 0 atom stereocenters. The molecule has 2 N–H and O–H groups in total. The first-order valence-electron chi connectivity index (χ1n) is 5.45. The molecule has 17 heavy (non-hydrogen) atoms. The maximum atomic E-state index is 10.7. The Morgan fingerprint density at radius 2 is 1.71 bits per heavy atom. The van der Waals surface area contributed by atoms with E-state index in [0.29, 0.717) is 6.61 Å². The molecule has 0 heterocycles. The SMILES string of the molecule is C=CC(=O)OCCCCCCCOP(O)(O)=S. The van der Waals surface area contributed by atoms with Gasteiger partial charge in [0.15, 0.2) is 0 Å². The standard InChI is InChI=1S/C10H19O5PS/c1-2-10(11)14-8-6-4-3-5-7-9-15-16(12,13)17/h2H,1,3-9H2,(H2,12,13,17). The van der Waals surface area contributed by atoms with E-state index in [4.69, 9.17) is 14.5 Å². The van der Waals surface area contributed by atoms with E-state index in [1.807, 2.05) is 0 Å². The van der Waals surface area contributed by atoms with Crippen LogP contribution in [0.15, 0.2) is 12.7 Å². The second-order valence-corrected chi connectivity index (χ2v) is 6.13. The third-order valence-corrected chi connectivity index (χ3v) is 2.79. The molecule has 100 valence electrons. The number of unbranched alkanes of at least 4 members (excludes halogenated alkanes) is 4. The van der Waals surface area contributed by atoms with Crippen LogP contribution >= 0.6 is 6.72 Å². The average molecular weight is 282 g/mol. The van der Waals surface area contributed by atoms with Crippen molar-refractivity contribution in [1.82, 2.24) is 0 Å². The molecule has 0 aliphatic carbocycles. The third-order valence-electron chi connectivity index (χ3n) is 1.96. The minimum Gasteiger partial charge on any atom is -0.463 e. The molecule has 0 bridgehead atoms. The molecule has 0 spiro atoms. The number of hydrogen-bond acceptors (Lipinski definition) is 4. The predicted octanol–water partition coefficient (Wildman–Crippen LogP) is 1.89. The molecule has 0 unspecified atom stereocenters. The Morgan fingerprint density at radius 3 is 2.24 bits per heavy atom. The largest absolute Gasteiger partial charge is 0.463 e. The summed E-state index contributed by atoms with van der Waals surface area (Å²) in [5, 5.41) is 0. The highest BCUT2D eigenvalue weighted by molar-refractivity contribution is 8.06. The van der Waals surface area contributed by atoms with E-state index < -0.39 is 12.7 Å². The van der Waals surface area contributed by atoms with Crippen molar-refractivity contribution in [2.45, 2.75) is 32.1 Å². The molecule has 0 saturated heterocycles. The van der Waals surface area contributed by atoms with Gasteiger partial charge in [0.2, 0.25) is 0 Å². The van der Waals surface area contributed by atoms with Crippen molar-refractivity contribution in [2.75, 3.05) is 13.2 Å². The average Bonchev–Trinajstić information content (AvgIpc) is 2.25. The molecule has 0 aliphatic rings. The van der Waals surface area contributed by atoms with Gasteiger partial charge in [0.1, 0.15) is 0 Å². The van der Waals surface area contributed by atoms with Crippen molar-refractivity contribution >= 4 is 24.5 Å². The van der Waals surface area contributed by atoms with Crippen LogP contribution in [0.5, 0.6) is 0 Å². The minimum absolute atomic E-state index is 0.274. The summed E-state index contributed by atoms with van der Waals surface area (Å²) in [6.07, 6.45) is 5.56. The maximum absolute atomic E-state index is 10.7. The Kier molecular flexibility index (Phi) is 9.59. The van der Waals surface area contributed by atoms with Crippen molar-refractivity contribution in [2.24, 2.45) is 0 Å². The Morgan fingerprint density at radius 1 is 1.18 bits per heavy atom. The molecule has 0 amide bonds. The molecular weight excluding hydrogens is 263 g/mol. The topological polar surface area (TPSA) is 76.0 Å². The van der Waals surface area contributed by atoms with Crippen molar-refractivity contribution < 1.29 is 23.8 Å². The van der Waals surface area contributed by atoms with Gasteiger partial charge in [0.05, 0.1) is 13.2 Å². The zero-order chi connectivity index (χ0) is 13.1. The molecule has 5 nitrogen and oxygen atoms in total. The highest BCUT2D eigenvalue weighted by Crippen LogP contribution is 2.36. The van der Waals surface area contributed by atoms with E-state index in [-0.39, 0.29) is 6.61 Å². The molecule has 0 rings (SSSR count). The van der Waals surface area contributed by atoms with E-state index in [0.717, 1.165) is 38.2 Å². The highest BCUT2D eigenvalue weighted by atomic mass is 32.5. The van der Waals surface area contributed by atoms with E-state index >= 15 is 0 Å². The van der Waals surface area contributed by atoms with Gasteiger partial charge in [-0.15, -0.1) is 0 Å². The van der Waals surface area contributed by atoms with E-state index in [9.17, 15) is 4.79 Å². The quantitative estimate of drug-likeness (QED) is 0.276. The van der Waals surface area contributed by atoms with Gasteiger partial charge in [-0.2, -0.15) is 0 Å². The lowest BCUT2D eigenvalue weighted by Gasteiger charge is -2.07. The number of rotatable bonds is 10. The van der Waals surface area contributed by atoms with Crippen molar-refractivity contribution in [1.29, 1.82) is 0 Å². The van der Waals surface area contributed by atoms with Gasteiger partial charge in [-0.25, -0.2) is 4.79 Å². The Balaban J connectivity index is 3.17. The van der Waals surface area contributed by atoms with Crippen LogP contribution in [0.1, 0.15) is 32.1 Å². The van der Waals surface area contributed by atoms with Gasteiger partial charge in [0, 0.05) is 6.08 Å². The normalized spacial score (nSPS) is 11.2. The Labute approximate surface area is 107 Å². The second kappa shape index (κ2) is 9.74. The van der Waals surface area contributed by atoms with Gasteiger partial charge < -0.3 is 19.0 Å². The van der Waals surface area contributed by atoms with Gasteiger partial charge in [0.25, 0.3) is 0 Å². The fraction of sp³-hybridized carbons (Fsp3) is 0.700. The molecule has 0 aromatic rings. The maximum Gasteiger partial charge on any atom is 0.330 e. The van der Waals surface area contributed by atoms with Crippen molar-refractivity contribution in [3.8, 4) is 0 Å². The summed E-state index contributed by atoms with van der Waals surface area (Å²) >= 11 is 4.30. The number of esters is 1. The monoisotopic (exact) mass is 282 g/mol. The van der Waals surface area contributed by atoms with E-state index in [1.165, 1.54) is 0 Å². The number of ether oxygens (including phenoxy) is 1. The summed E-state index contributed by atoms with van der Waals surface area (Å²) < 4.78 is 9.47.